The Morgan fingerprint density at radius 1 is 1.43 bits per heavy atom. The number of hydrogen-bond donors (Lipinski definition) is 0. The van der Waals surface area contributed by atoms with Crippen molar-refractivity contribution < 1.29 is 0 Å². The summed E-state index contributed by atoms with van der Waals surface area (Å²) in [4.78, 5) is 0. The van der Waals surface area contributed by atoms with Crippen LogP contribution in [0.3, 0.4) is 0 Å². The molecule has 0 radical (unpaired) electrons. The first kappa shape index (κ1) is 8.19. The van der Waals surface area contributed by atoms with E-state index in [-0.39, 0.29) is 0 Å². The molecule has 7 heavy (non-hydrogen) atoms. The van der Waals surface area contributed by atoms with Gasteiger partial charge in [0.25, 0.3) is 0 Å². The minimum absolute atomic E-state index is 0.949. The van der Waals surface area contributed by atoms with Gasteiger partial charge in [-0.3, -0.25) is 0 Å². The van der Waals surface area contributed by atoms with E-state index in [0.717, 1.165) is 5.92 Å². The van der Waals surface area contributed by atoms with Crippen LogP contribution in [0.15, 0.2) is 0 Å². The molecule has 1 unspecified atom stereocenters. The predicted molar refractivity (Wildman–Crippen MR) is 34.9 cm³/mol. The van der Waals surface area contributed by atoms with Gasteiger partial charge < -0.3 is 0 Å². The molecule has 1 atom stereocenters. The quantitative estimate of drug-likeness (QED) is 0.450. The molecule has 0 rings (SSSR count). The zero-order valence-corrected chi connectivity index (χ0v) is 5.70. The fourth-order valence-electron chi connectivity index (χ4n) is 0.697. The molecule has 0 N–H and O–H groups in total. The standard InChI is InChI=1S/C5H10.2Li/c1-4-5(2)3;;/h5H,1-2,4H2,3H3;;. The molecule has 0 heterocycles. The maximum absolute atomic E-state index is 2.31. The first-order chi connectivity index (χ1) is 3.31. The van der Waals surface area contributed by atoms with Crippen molar-refractivity contribution in [2.45, 2.75) is 23.5 Å². The van der Waals surface area contributed by atoms with Gasteiger partial charge in [0, 0.05) is 0 Å². The summed E-state index contributed by atoms with van der Waals surface area (Å²) in [5.74, 6) is 0.949. The van der Waals surface area contributed by atoms with Gasteiger partial charge in [0.2, 0.25) is 0 Å². The van der Waals surface area contributed by atoms with E-state index in [2.05, 4.69) is 42.4 Å². The molecule has 0 saturated carbocycles. The zero-order chi connectivity index (χ0) is 5.70. The molecular formula is C5H10Li2. The molecule has 0 amide bonds. The third kappa shape index (κ3) is 5.06. The Morgan fingerprint density at radius 2 is 2.00 bits per heavy atom. The molecule has 0 bridgehead atoms. The summed E-state index contributed by atoms with van der Waals surface area (Å²) in [6.07, 6.45) is 1.40. The van der Waals surface area contributed by atoms with Gasteiger partial charge in [-0.15, -0.1) is 0 Å². The minimum atomic E-state index is 0.949. The van der Waals surface area contributed by atoms with Crippen LogP contribution in [0.4, 0.5) is 0 Å². The summed E-state index contributed by atoms with van der Waals surface area (Å²) in [5.41, 5.74) is 0. The molecule has 0 nitrogen and oxygen atoms in total. The normalized spacial score (nSPS) is 14.4. The molecule has 0 fully saturated rings. The molecule has 0 aromatic carbocycles. The fraction of sp³-hybridized carbons (Fsp3) is 1.00. The Morgan fingerprint density at radius 3 is 2.14 bits per heavy atom. The second-order valence-corrected chi connectivity index (χ2v) is 2.30. The van der Waals surface area contributed by atoms with Gasteiger partial charge in [0.15, 0.2) is 0 Å². The number of rotatable bonds is 3. The van der Waals surface area contributed by atoms with E-state index in [0.29, 0.717) is 0 Å². The van der Waals surface area contributed by atoms with Gasteiger partial charge >= 0.3 is 64.9 Å². The average molecular weight is 84.0 g/mol. The van der Waals surface area contributed by atoms with E-state index < -0.39 is 0 Å². The molecular weight excluding hydrogens is 73.9 g/mol. The molecule has 0 aliphatic heterocycles. The summed E-state index contributed by atoms with van der Waals surface area (Å²) in [5, 5.41) is 2.68. The van der Waals surface area contributed by atoms with E-state index in [1.54, 1.807) is 0 Å². The Kier molecular flexibility index (Phi) is 6.24. The summed E-state index contributed by atoms with van der Waals surface area (Å²) in [6, 6.07) is 0. The maximum atomic E-state index is 2.31. The van der Waals surface area contributed by atoms with Gasteiger partial charge in [-0.2, -0.15) is 0 Å². The van der Waals surface area contributed by atoms with Crippen molar-refractivity contribution in [2.24, 2.45) is 5.92 Å². The van der Waals surface area contributed by atoms with E-state index in [1.807, 2.05) is 0 Å². The summed E-state index contributed by atoms with van der Waals surface area (Å²) < 4.78 is 0. The zero-order valence-electron chi connectivity index (χ0n) is 5.70. The van der Waals surface area contributed by atoms with Crippen LogP contribution in [0.2, 0.25) is 10.2 Å². The molecule has 0 saturated heterocycles. The van der Waals surface area contributed by atoms with E-state index in [9.17, 15) is 0 Å². The average Bonchev–Trinajstić information content (AvgIpc) is 1.68. The summed E-state index contributed by atoms with van der Waals surface area (Å²) in [6.45, 7) is 2.31. The van der Waals surface area contributed by atoms with Crippen molar-refractivity contribution in [1.82, 2.24) is 0 Å². The topological polar surface area (TPSA) is 0 Å². The Hall–Kier alpha value is 1.19. The van der Waals surface area contributed by atoms with Crippen LogP contribution in [0, 0.1) is 5.92 Å². The Balaban J connectivity index is 2.83. The first-order valence-corrected chi connectivity index (χ1v) is 3.31. The van der Waals surface area contributed by atoms with Crippen molar-refractivity contribution in [1.29, 1.82) is 0 Å². The molecule has 0 aliphatic carbocycles. The fourth-order valence-corrected chi connectivity index (χ4v) is 0.697. The van der Waals surface area contributed by atoms with Crippen molar-refractivity contribution in [2.75, 3.05) is 0 Å². The molecule has 32 valence electrons. The molecule has 0 aromatic rings. The van der Waals surface area contributed by atoms with Crippen LogP contribution in [-0.2, 0) is 0 Å². The van der Waals surface area contributed by atoms with Crippen molar-refractivity contribution >= 4 is 35.4 Å². The van der Waals surface area contributed by atoms with Gasteiger partial charge in [-0.1, -0.05) is 0 Å². The van der Waals surface area contributed by atoms with Crippen molar-refractivity contribution in [3.8, 4) is 0 Å². The summed E-state index contributed by atoms with van der Waals surface area (Å²) >= 11 is 4.49. The molecule has 2 heteroatoms. The van der Waals surface area contributed by atoms with Crippen LogP contribution >= 0.6 is 0 Å². The summed E-state index contributed by atoms with van der Waals surface area (Å²) in [7, 11) is 0. The van der Waals surface area contributed by atoms with Gasteiger partial charge in [0.05, 0.1) is 0 Å². The Labute approximate surface area is 64.8 Å². The van der Waals surface area contributed by atoms with Crippen LogP contribution in [0.1, 0.15) is 13.3 Å². The van der Waals surface area contributed by atoms with E-state index in [1.165, 1.54) is 16.6 Å². The molecule has 0 spiro atoms. The second kappa shape index (κ2) is 5.33. The van der Waals surface area contributed by atoms with E-state index in [4.69, 9.17) is 0 Å². The van der Waals surface area contributed by atoms with Gasteiger partial charge in [-0.05, 0) is 0 Å². The second-order valence-electron chi connectivity index (χ2n) is 2.30. The van der Waals surface area contributed by atoms with Crippen LogP contribution in [-0.4, -0.2) is 35.4 Å². The predicted octanol–water partition coefficient (Wildman–Crippen LogP) is 1.19. The van der Waals surface area contributed by atoms with Gasteiger partial charge in [0.1, 0.15) is 0 Å². The first-order valence-electron chi connectivity index (χ1n) is 3.31. The third-order valence-corrected chi connectivity index (χ3v) is 1.48. The van der Waals surface area contributed by atoms with Crippen LogP contribution in [0.5, 0.6) is 0 Å². The third-order valence-electron chi connectivity index (χ3n) is 1.48. The number of hydrogen-bond acceptors (Lipinski definition) is 0. The van der Waals surface area contributed by atoms with Gasteiger partial charge in [-0.25, -0.2) is 0 Å². The molecule has 0 aromatic heterocycles. The van der Waals surface area contributed by atoms with Crippen LogP contribution < -0.4 is 0 Å². The van der Waals surface area contributed by atoms with Crippen LogP contribution in [0.25, 0.3) is 0 Å². The van der Waals surface area contributed by atoms with Crippen molar-refractivity contribution in [3.05, 3.63) is 0 Å². The monoisotopic (exact) mass is 84.1 g/mol. The Bertz CT molecular complexity index is 37.1. The van der Waals surface area contributed by atoms with Crippen molar-refractivity contribution in [3.63, 3.8) is 0 Å². The molecule has 0 aliphatic rings. The van der Waals surface area contributed by atoms with E-state index >= 15 is 0 Å². The SMILES string of the molecule is [Li][CH2]CC(C)[CH2][Li].